The van der Waals surface area contributed by atoms with E-state index in [9.17, 15) is 0 Å². The third-order valence-corrected chi connectivity index (χ3v) is 5.68. The maximum absolute atomic E-state index is 5.49. The largest absolute Gasteiger partial charge is 0.418 e. The van der Waals surface area contributed by atoms with Crippen LogP contribution in [-0.2, 0) is 8.85 Å². The zero-order valence-corrected chi connectivity index (χ0v) is 15.0. The van der Waals surface area contributed by atoms with E-state index in [1.807, 2.05) is 26.1 Å². The fourth-order valence-corrected chi connectivity index (χ4v) is 3.59. The summed E-state index contributed by atoms with van der Waals surface area (Å²) in [6, 6.07) is 6.38. The Bertz CT molecular complexity index is 342. The third kappa shape index (κ3) is 5.87. The number of nitrogens with zero attached hydrogens (tertiary/aromatic N) is 1. The van der Waals surface area contributed by atoms with Crippen LogP contribution in [0.1, 0.15) is 50.8 Å². The molecule has 1 rings (SSSR count). The van der Waals surface area contributed by atoms with Crippen LogP contribution in [0.3, 0.4) is 0 Å². The summed E-state index contributed by atoms with van der Waals surface area (Å²) in [5, 5.41) is 0. The van der Waals surface area contributed by atoms with Gasteiger partial charge < -0.3 is 8.85 Å². The average molecular weight is 308 g/mol. The Kier molecular flexibility index (Phi) is 9.01. The van der Waals surface area contributed by atoms with E-state index in [2.05, 4.69) is 24.9 Å². The van der Waals surface area contributed by atoms with E-state index < -0.39 is 0 Å². The number of rotatable bonds is 10. The van der Waals surface area contributed by atoms with Crippen LogP contribution >= 0.6 is 0 Å². The van der Waals surface area contributed by atoms with Crippen LogP contribution in [0.25, 0.3) is 0 Å². The molecule has 2 unspecified atom stereocenters. The molecule has 0 fully saturated rings. The molecule has 5 heteroatoms. The maximum Gasteiger partial charge on any atom is 0.230 e. The van der Waals surface area contributed by atoms with Gasteiger partial charge in [-0.1, -0.05) is 19.9 Å². The van der Waals surface area contributed by atoms with Crippen molar-refractivity contribution in [2.45, 2.75) is 51.6 Å². The summed E-state index contributed by atoms with van der Waals surface area (Å²) in [6.07, 6.45) is 1.90. The molecule has 20 heavy (non-hydrogen) atoms. The smallest absolute Gasteiger partial charge is 0.230 e. The maximum atomic E-state index is 5.49. The fourth-order valence-electron chi connectivity index (χ4n) is 2.04. The van der Waals surface area contributed by atoms with E-state index in [-0.39, 0.29) is 0 Å². The molecule has 0 N–H and O–H groups in total. The van der Waals surface area contributed by atoms with Crippen molar-refractivity contribution in [1.29, 1.82) is 0 Å². The van der Waals surface area contributed by atoms with Gasteiger partial charge in [-0.2, -0.15) is 0 Å². The Morgan fingerprint density at radius 3 is 2.25 bits per heavy atom. The van der Waals surface area contributed by atoms with Crippen molar-refractivity contribution in [3.63, 3.8) is 0 Å². The highest BCUT2D eigenvalue weighted by Crippen LogP contribution is 2.28. The molecule has 0 aliphatic heterocycles. The van der Waals surface area contributed by atoms with E-state index >= 15 is 0 Å². The molecular weight excluding hydrogens is 282 g/mol. The molecule has 0 amide bonds. The summed E-state index contributed by atoms with van der Waals surface area (Å²) in [6.45, 7) is 10.2. The number of pyridine rings is 1. The molecule has 1 aromatic heterocycles. The molecule has 110 valence electrons. The highest BCUT2D eigenvalue weighted by Gasteiger charge is 2.17. The van der Waals surface area contributed by atoms with Crippen molar-refractivity contribution in [1.82, 2.24) is 4.98 Å². The minimum absolute atomic E-state index is 0.453. The topological polar surface area (TPSA) is 31.4 Å². The Morgan fingerprint density at radius 2 is 1.65 bits per heavy atom. The minimum Gasteiger partial charge on any atom is -0.418 e. The van der Waals surface area contributed by atoms with E-state index in [0.29, 0.717) is 31.4 Å². The highest BCUT2D eigenvalue weighted by molar-refractivity contribution is 6.27. The molecule has 0 aliphatic rings. The van der Waals surface area contributed by atoms with Gasteiger partial charge in [-0.15, -0.1) is 0 Å². The second kappa shape index (κ2) is 10.3. The van der Waals surface area contributed by atoms with Crippen molar-refractivity contribution in [2.75, 3.05) is 13.2 Å². The molecule has 2 atom stereocenters. The molecule has 4 radical (unpaired) electrons. The quantitative estimate of drug-likeness (QED) is 0.490. The number of aromatic nitrogens is 1. The SMILES string of the molecule is CCO[Si]CC(C)c1cccnc1C(C)C[Si]OCC. The summed E-state index contributed by atoms with van der Waals surface area (Å²) in [7, 11) is 1.14. The van der Waals surface area contributed by atoms with E-state index in [1.54, 1.807) is 0 Å². The molecule has 1 aromatic rings. The van der Waals surface area contributed by atoms with Crippen LogP contribution in [0.4, 0.5) is 0 Å². The van der Waals surface area contributed by atoms with Crippen molar-refractivity contribution in [3.8, 4) is 0 Å². The Balaban J connectivity index is 2.66. The van der Waals surface area contributed by atoms with Gasteiger partial charge in [0.2, 0.25) is 19.5 Å². The van der Waals surface area contributed by atoms with Crippen molar-refractivity contribution >= 4 is 19.5 Å². The summed E-state index contributed by atoms with van der Waals surface area (Å²) in [5.41, 5.74) is 2.60. The van der Waals surface area contributed by atoms with Crippen LogP contribution < -0.4 is 0 Å². The van der Waals surface area contributed by atoms with Gasteiger partial charge in [-0.25, -0.2) is 0 Å². The second-order valence-corrected chi connectivity index (χ2v) is 6.81. The van der Waals surface area contributed by atoms with Crippen LogP contribution in [-0.4, -0.2) is 37.7 Å². The Labute approximate surface area is 128 Å². The molecular formula is C15H25NO2Si2. The van der Waals surface area contributed by atoms with Gasteiger partial charge in [0, 0.05) is 25.1 Å². The molecule has 1 heterocycles. The molecule has 3 nitrogen and oxygen atoms in total. The predicted octanol–water partition coefficient (Wildman–Crippen LogP) is 3.44. The Morgan fingerprint density at radius 1 is 1.05 bits per heavy atom. The highest BCUT2D eigenvalue weighted by atomic mass is 28.2. The monoisotopic (exact) mass is 307 g/mol. The number of hydrogen-bond donors (Lipinski definition) is 0. The van der Waals surface area contributed by atoms with Crippen molar-refractivity contribution in [3.05, 3.63) is 29.6 Å². The summed E-state index contributed by atoms with van der Waals surface area (Å²) in [4.78, 5) is 4.62. The fraction of sp³-hybridized carbons (Fsp3) is 0.667. The summed E-state index contributed by atoms with van der Waals surface area (Å²) >= 11 is 0. The van der Waals surface area contributed by atoms with Crippen LogP contribution in [0.5, 0.6) is 0 Å². The van der Waals surface area contributed by atoms with E-state index in [0.717, 1.165) is 25.3 Å². The minimum atomic E-state index is 0.453. The second-order valence-electron chi connectivity index (χ2n) is 4.84. The number of hydrogen-bond acceptors (Lipinski definition) is 3. The van der Waals surface area contributed by atoms with Crippen molar-refractivity contribution in [2.24, 2.45) is 0 Å². The molecule has 0 aliphatic carbocycles. The van der Waals surface area contributed by atoms with E-state index in [4.69, 9.17) is 8.85 Å². The Hall–Kier alpha value is -0.496. The molecule has 0 saturated heterocycles. The normalized spacial score (nSPS) is 14.2. The van der Waals surface area contributed by atoms with Gasteiger partial charge in [0.1, 0.15) is 0 Å². The molecule has 0 saturated carbocycles. The lowest BCUT2D eigenvalue weighted by Gasteiger charge is -2.19. The van der Waals surface area contributed by atoms with Crippen LogP contribution in [0, 0.1) is 0 Å². The van der Waals surface area contributed by atoms with Gasteiger partial charge >= 0.3 is 0 Å². The standard InChI is InChI=1S/C15H25NO2Si2/c1-5-17-19-10-12(3)14-8-7-9-16-15(14)13(4)11-20-18-6-2/h7-9,12-13H,5-6,10-11H2,1-4H3. The lowest BCUT2D eigenvalue weighted by atomic mass is 9.95. The summed E-state index contributed by atoms with van der Waals surface area (Å²) in [5.74, 6) is 0.954. The van der Waals surface area contributed by atoms with Gasteiger partial charge in [-0.3, -0.25) is 4.98 Å². The first-order valence-electron chi connectivity index (χ1n) is 7.34. The molecule has 0 bridgehead atoms. The van der Waals surface area contributed by atoms with Crippen LogP contribution in [0.2, 0.25) is 12.1 Å². The predicted molar refractivity (Wildman–Crippen MR) is 85.4 cm³/mol. The lowest BCUT2D eigenvalue weighted by molar-refractivity contribution is 0.357. The average Bonchev–Trinajstić information content (AvgIpc) is 2.47. The summed E-state index contributed by atoms with van der Waals surface area (Å²) < 4.78 is 11.0. The lowest BCUT2D eigenvalue weighted by Crippen LogP contribution is -2.10. The molecule has 0 aromatic carbocycles. The van der Waals surface area contributed by atoms with Gasteiger partial charge in [0.25, 0.3) is 0 Å². The first-order chi connectivity index (χ1) is 9.70. The third-order valence-electron chi connectivity index (χ3n) is 3.14. The van der Waals surface area contributed by atoms with Gasteiger partial charge in [0.05, 0.1) is 0 Å². The zero-order valence-electron chi connectivity index (χ0n) is 13.0. The van der Waals surface area contributed by atoms with Crippen molar-refractivity contribution < 1.29 is 8.85 Å². The van der Waals surface area contributed by atoms with Gasteiger partial charge in [-0.05, 0) is 49.4 Å². The zero-order chi connectivity index (χ0) is 14.8. The van der Waals surface area contributed by atoms with E-state index in [1.165, 1.54) is 11.3 Å². The first kappa shape index (κ1) is 17.6. The first-order valence-corrected chi connectivity index (χ1v) is 9.57. The van der Waals surface area contributed by atoms with Crippen LogP contribution in [0.15, 0.2) is 18.3 Å². The van der Waals surface area contributed by atoms with Gasteiger partial charge in [0.15, 0.2) is 0 Å². The molecule has 0 spiro atoms.